The zero-order chi connectivity index (χ0) is 17.8. The third-order valence-corrected chi connectivity index (χ3v) is 6.22. The second kappa shape index (κ2) is 8.23. The maximum atomic E-state index is 12.9. The average molecular weight is 382 g/mol. The Balaban J connectivity index is 1.57. The van der Waals surface area contributed by atoms with Crippen molar-refractivity contribution in [2.24, 2.45) is 0 Å². The summed E-state index contributed by atoms with van der Waals surface area (Å²) in [6.45, 7) is 0. The minimum absolute atomic E-state index is 0.141. The molecule has 1 aromatic carbocycles. The van der Waals surface area contributed by atoms with Crippen LogP contribution in [0.2, 0.25) is 0 Å². The standard InChI is InChI=1S/C17H19FN2O3S2/c18-11-5-7-12(8-6-11)24-9-15(21)19-13-3-1-2-4-14(13)20-16(22)10-25-17(20)23/h5-8,13-14H,1-4,9-10H2,(H,19,21)/t13-,14-/m1/s1. The fraction of sp³-hybridized carbons (Fsp3) is 0.471. The molecule has 0 aromatic heterocycles. The lowest BCUT2D eigenvalue weighted by molar-refractivity contribution is -0.128. The lowest BCUT2D eigenvalue weighted by atomic mass is 9.89. The van der Waals surface area contributed by atoms with E-state index >= 15 is 0 Å². The number of carbonyl (C=O) groups is 3. The van der Waals surface area contributed by atoms with Gasteiger partial charge in [-0.1, -0.05) is 24.6 Å². The van der Waals surface area contributed by atoms with Crippen LogP contribution in [0.4, 0.5) is 9.18 Å². The molecule has 1 heterocycles. The summed E-state index contributed by atoms with van der Waals surface area (Å²) in [5, 5.41) is 2.77. The molecule has 25 heavy (non-hydrogen) atoms. The normalized spacial score (nSPS) is 23.8. The van der Waals surface area contributed by atoms with Gasteiger partial charge < -0.3 is 5.32 Å². The quantitative estimate of drug-likeness (QED) is 0.793. The molecule has 134 valence electrons. The van der Waals surface area contributed by atoms with Crippen LogP contribution in [0.3, 0.4) is 0 Å². The summed E-state index contributed by atoms with van der Waals surface area (Å²) in [5.74, 6) is -0.210. The van der Waals surface area contributed by atoms with Crippen molar-refractivity contribution in [2.75, 3.05) is 11.5 Å². The van der Waals surface area contributed by atoms with E-state index in [0.717, 1.165) is 42.3 Å². The topological polar surface area (TPSA) is 66.5 Å². The molecule has 0 spiro atoms. The summed E-state index contributed by atoms with van der Waals surface area (Å²) in [6.07, 6.45) is 3.41. The Morgan fingerprint density at radius 2 is 1.96 bits per heavy atom. The van der Waals surface area contributed by atoms with Crippen LogP contribution in [0.25, 0.3) is 0 Å². The van der Waals surface area contributed by atoms with Gasteiger partial charge in [-0.3, -0.25) is 19.3 Å². The van der Waals surface area contributed by atoms with Crippen LogP contribution in [0.1, 0.15) is 25.7 Å². The van der Waals surface area contributed by atoms with Gasteiger partial charge in [0.05, 0.1) is 17.5 Å². The van der Waals surface area contributed by atoms with E-state index in [-0.39, 0.29) is 46.5 Å². The van der Waals surface area contributed by atoms with E-state index in [1.807, 2.05) is 0 Å². The molecule has 1 aromatic rings. The number of nitrogens with zero attached hydrogens (tertiary/aromatic N) is 1. The molecule has 3 rings (SSSR count). The first kappa shape index (κ1) is 18.3. The number of imide groups is 1. The largest absolute Gasteiger partial charge is 0.351 e. The SMILES string of the molecule is O=C(CSc1ccc(F)cc1)N[C@@H]1CCCC[C@H]1N1C(=O)CSC1=O. The summed E-state index contributed by atoms with van der Waals surface area (Å²) in [5.41, 5.74) is 0. The first-order chi connectivity index (χ1) is 12.0. The zero-order valence-electron chi connectivity index (χ0n) is 13.6. The molecule has 5 nitrogen and oxygen atoms in total. The van der Waals surface area contributed by atoms with E-state index in [0.29, 0.717) is 0 Å². The molecule has 1 aliphatic carbocycles. The molecular weight excluding hydrogens is 363 g/mol. The number of halogens is 1. The van der Waals surface area contributed by atoms with Crippen LogP contribution in [-0.4, -0.2) is 45.5 Å². The summed E-state index contributed by atoms with van der Waals surface area (Å²) in [4.78, 5) is 38.4. The van der Waals surface area contributed by atoms with Crippen molar-refractivity contribution in [3.8, 4) is 0 Å². The minimum Gasteiger partial charge on any atom is -0.351 e. The minimum atomic E-state index is -0.309. The van der Waals surface area contributed by atoms with Crippen LogP contribution in [0.15, 0.2) is 29.2 Å². The van der Waals surface area contributed by atoms with Gasteiger partial charge in [-0.2, -0.15) is 0 Å². The summed E-state index contributed by atoms with van der Waals surface area (Å²) in [6, 6.07) is 5.55. The van der Waals surface area contributed by atoms with Crippen LogP contribution in [-0.2, 0) is 9.59 Å². The lowest BCUT2D eigenvalue weighted by Gasteiger charge is -2.36. The second-order valence-corrected chi connectivity index (χ2v) is 8.06. The third-order valence-electron chi connectivity index (χ3n) is 4.38. The molecule has 0 bridgehead atoms. The first-order valence-electron chi connectivity index (χ1n) is 8.21. The Hall–Kier alpha value is -1.54. The Kier molecular flexibility index (Phi) is 6.01. The van der Waals surface area contributed by atoms with Gasteiger partial charge in [0.2, 0.25) is 11.8 Å². The van der Waals surface area contributed by atoms with Crippen molar-refractivity contribution in [3.05, 3.63) is 30.1 Å². The molecule has 0 unspecified atom stereocenters. The van der Waals surface area contributed by atoms with Gasteiger partial charge in [0.15, 0.2) is 0 Å². The van der Waals surface area contributed by atoms with Crippen molar-refractivity contribution in [2.45, 2.75) is 42.7 Å². The van der Waals surface area contributed by atoms with E-state index < -0.39 is 0 Å². The maximum Gasteiger partial charge on any atom is 0.289 e. The van der Waals surface area contributed by atoms with Crippen molar-refractivity contribution in [1.82, 2.24) is 10.2 Å². The molecule has 0 radical (unpaired) electrons. The number of hydrogen-bond acceptors (Lipinski definition) is 5. The van der Waals surface area contributed by atoms with Gasteiger partial charge in [-0.05, 0) is 37.1 Å². The van der Waals surface area contributed by atoms with E-state index in [1.165, 1.54) is 28.8 Å². The van der Waals surface area contributed by atoms with Gasteiger partial charge in [0.25, 0.3) is 5.24 Å². The summed E-state index contributed by atoms with van der Waals surface area (Å²) in [7, 11) is 0. The Morgan fingerprint density at radius 3 is 2.64 bits per heavy atom. The van der Waals surface area contributed by atoms with Gasteiger partial charge in [0.1, 0.15) is 5.82 Å². The van der Waals surface area contributed by atoms with E-state index in [4.69, 9.17) is 0 Å². The van der Waals surface area contributed by atoms with Crippen molar-refractivity contribution in [3.63, 3.8) is 0 Å². The van der Waals surface area contributed by atoms with Crippen molar-refractivity contribution in [1.29, 1.82) is 0 Å². The maximum absolute atomic E-state index is 12.9. The Labute approximate surface area is 154 Å². The Morgan fingerprint density at radius 1 is 1.24 bits per heavy atom. The second-order valence-electron chi connectivity index (χ2n) is 6.09. The summed E-state index contributed by atoms with van der Waals surface area (Å²) >= 11 is 2.36. The highest BCUT2D eigenvalue weighted by Gasteiger charge is 2.41. The number of thioether (sulfide) groups is 2. The lowest BCUT2D eigenvalue weighted by Crippen LogP contribution is -2.55. The zero-order valence-corrected chi connectivity index (χ0v) is 15.2. The molecule has 3 amide bonds. The van der Waals surface area contributed by atoms with Crippen LogP contribution in [0.5, 0.6) is 0 Å². The van der Waals surface area contributed by atoms with Gasteiger partial charge in [0, 0.05) is 10.9 Å². The molecule has 8 heteroatoms. The molecule has 2 atom stereocenters. The highest BCUT2D eigenvalue weighted by molar-refractivity contribution is 8.14. The number of hydrogen-bond donors (Lipinski definition) is 1. The number of rotatable bonds is 5. The van der Waals surface area contributed by atoms with Gasteiger partial charge in [-0.25, -0.2) is 4.39 Å². The van der Waals surface area contributed by atoms with E-state index in [2.05, 4.69) is 5.32 Å². The number of amides is 3. The highest BCUT2D eigenvalue weighted by Crippen LogP contribution is 2.30. The molecule has 1 saturated heterocycles. The number of carbonyl (C=O) groups excluding carboxylic acids is 3. The fourth-order valence-corrected chi connectivity index (χ4v) is 4.67. The monoisotopic (exact) mass is 382 g/mol. The Bertz CT molecular complexity index is 652. The smallest absolute Gasteiger partial charge is 0.289 e. The summed E-state index contributed by atoms with van der Waals surface area (Å²) < 4.78 is 12.9. The van der Waals surface area contributed by atoms with Crippen molar-refractivity contribution >= 4 is 40.6 Å². The molecule has 2 fully saturated rings. The molecule has 1 N–H and O–H groups in total. The van der Waals surface area contributed by atoms with E-state index in [1.54, 1.807) is 12.1 Å². The molecule has 1 aliphatic heterocycles. The van der Waals surface area contributed by atoms with Crippen LogP contribution < -0.4 is 5.32 Å². The van der Waals surface area contributed by atoms with Gasteiger partial charge in [-0.15, -0.1) is 11.8 Å². The molecular formula is C17H19FN2O3S2. The van der Waals surface area contributed by atoms with Crippen LogP contribution >= 0.6 is 23.5 Å². The van der Waals surface area contributed by atoms with Crippen molar-refractivity contribution < 1.29 is 18.8 Å². The molecule has 1 saturated carbocycles. The molecule has 2 aliphatic rings. The van der Waals surface area contributed by atoms with Gasteiger partial charge >= 0.3 is 0 Å². The fourth-order valence-electron chi connectivity index (χ4n) is 3.20. The van der Waals surface area contributed by atoms with E-state index in [9.17, 15) is 18.8 Å². The average Bonchev–Trinajstić information content (AvgIpc) is 2.94. The number of benzene rings is 1. The predicted molar refractivity (Wildman–Crippen MR) is 96.0 cm³/mol. The highest BCUT2D eigenvalue weighted by atomic mass is 32.2. The number of nitrogens with one attached hydrogen (secondary N) is 1. The predicted octanol–water partition coefficient (Wildman–Crippen LogP) is 3.04. The van der Waals surface area contributed by atoms with Crippen LogP contribution in [0, 0.1) is 5.82 Å². The third kappa shape index (κ3) is 4.55. The first-order valence-corrected chi connectivity index (χ1v) is 10.2.